The monoisotopic (exact) mass is 287 g/mol. The van der Waals surface area contributed by atoms with Gasteiger partial charge in [0.1, 0.15) is 5.82 Å². The van der Waals surface area contributed by atoms with Crippen LogP contribution in [0.2, 0.25) is 0 Å². The third kappa shape index (κ3) is 3.15. The van der Waals surface area contributed by atoms with Gasteiger partial charge in [0.15, 0.2) is 0 Å². The van der Waals surface area contributed by atoms with Gasteiger partial charge in [0.05, 0.1) is 23.2 Å². The van der Waals surface area contributed by atoms with Gasteiger partial charge in [-0.3, -0.25) is 4.79 Å². The van der Waals surface area contributed by atoms with E-state index in [1.165, 1.54) is 6.07 Å². The van der Waals surface area contributed by atoms with Crippen molar-refractivity contribution in [1.29, 1.82) is 5.26 Å². The molecule has 3 rings (SSSR count). The van der Waals surface area contributed by atoms with Crippen molar-refractivity contribution >= 4 is 11.6 Å². The molecule has 110 valence electrons. The van der Waals surface area contributed by atoms with Crippen molar-refractivity contribution in [3.63, 3.8) is 0 Å². The minimum atomic E-state index is -0.391. The molecule has 0 spiro atoms. The number of amides is 1. The highest BCUT2D eigenvalue weighted by atomic mass is 19.1. The molecular weight excluding hydrogens is 269 g/mol. The lowest BCUT2D eigenvalue weighted by Crippen LogP contribution is -2.44. The third-order valence-corrected chi connectivity index (χ3v) is 4.13. The maximum absolute atomic E-state index is 14.1. The van der Waals surface area contributed by atoms with Crippen LogP contribution in [0.25, 0.3) is 0 Å². The van der Waals surface area contributed by atoms with Crippen LogP contribution in [0.5, 0.6) is 0 Å². The standard InChI is InChI=1S/C16H18FN3O/c17-14-8-11(9-18)3-6-15(14)20-7-1-2-12(10-20)16(21)19-13-4-5-13/h3,6,8,12-13H,1-2,4-5,7,10H2,(H,19,21). The highest BCUT2D eigenvalue weighted by Crippen LogP contribution is 2.27. The zero-order valence-corrected chi connectivity index (χ0v) is 11.8. The van der Waals surface area contributed by atoms with Crippen LogP contribution in [0.1, 0.15) is 31.2 Å². The van der Waals surface area contributed by atoms with Crippen LogP contribution in [-0.2, 0) is 4.79 Å². The summed E-state index contributed by atoms with van der Waals surface area (Å²) in [5.41, 5.74) is 0.800. The Labute approximate surface area is 123 Å². The second-order valence-corrected chi connectivity index (χ2v) is 5.85. The van der Waals surface area contributed by atoms with Crippen LogP contribution in [0.15, 0.2) is 18.2 Å². The molecule has 1 saturated heterocycles. The topological polar surface area (TPSA) is 56.1 Å². The predicted octanol–water partition coefficient (Wildman–Crippen LogP) is 2.19. The first-order valence-electron chi connectivity index (χ1n) is 7.42. The molecule has 1 aliphatic carbocycles. The minimum Gasteiger partial charge on any atom is -0.368 e. The lowest BCUT2D eigenvalue weighted by atomic mass is 9.96. The van der Waals surface area contributed by atoms with E-state index in [1.54, 1.807) is 12.1 Å². The Bertz CT molecular complexity index is 592. The fraction of sp³-hybridized carbons (Fsp3) is 0.500. The average molecular weight is 287 g/mol. The SMILES string of the molecule is N#Cc1ccc(N2CCCC(C(=O)NC3CC3)C2)c(F)c1. The first-order valence-corrected chi connectivity index (χ1v) is 7.42. The molecule has 1 atom stereocenters. The second kappa shape index (κ2) is 5.72. The number of anilines is 1. The van der Waals surface area contributed by atoms with Crippen LogP contribution >= 0.6 is 0 Å². The fourth-order valence-electron chi connectivity index (χ4n) is 2.79. The number of carbonyl (C=O) groups excluding carboxylic acids is 1. The third-order valence-electron chi connectivity index (χ3n) is 4.13. The largest absolute Gasteiger partial charge is 0.368 e. The second-order valence-electron chi connectivity index (χ2n) is 5.85. The van der Waals surface area contributed by atoms with E-state index in [2.05, 4.69) is 5.32 Å². The average Bonchev–Trinajstić information content (AvgIpc) is 3.31. The van der Waals surface area contributed by atoms with Gasteiger partial charge in [-0.15, -0.1) is 0 Å². The first kappa shape index (κ1) is 13.9. The van der Waals surface area contributed by atoms with Gasteiger partial charge >= 0.3 is 0 Å². The van der Waals surface area contributed by atoms with Crippen molar-refractivity contribution in [2.75, 3.05) is 18.0 Å². The molecule has 1 heterocycles. The molecule has 1 aromatic rings. The van der Waals surface area contributed by atoms with Gasteiger partial charge in [0, 0.05) is 19.1 Å². The summed E-state index contributed by atoms with van der Waals surface area (Å²) in [5.74, 6) is -0.372. The molecule has 21 heavy (non-hydrogen) atoms. The van der Waals surface area contributed by atoms with Gasteiger partial charge in [-0.05, 0) is 43.9 Å². The molecule has 0 aromatic heterocycles. The zero-order valence-electron chi connectivity index (χ0n) is 11.8. The van der Waals surface area contributed by atoms with E-state index in [0.717, 1.165) is 32.2 Å². The van der Waals surface area contributed by atoms with E-state index < -0.39 is 5.82 Å². The lowest BCUT2D eigenvalue weighted by molar-refractivity contribution is -0.125. The highest BCUT2D eigenvalue weighted by Gasteiger charge is 2.31. The quantitative estimate of drug-likeness (QED) is 0.927. The van der Waals surface area contributed by atoms with Crippen LogP contribution in [0.4, 0.5) is 10.1 Å². The van der Waals surface area contributed by atoms with Crippen LogP contribution in [0, 0.1) is 23.1 Å². The van der Waals surface area contributed by atoms with Gasteiger partial charge in [-0.25, -0.2) is 4.39 Å². The Morgan fingerprint density at radius 1 is 1.38 bits per heavy atom. The summed E-state index contributed by atoms with van der Waals surface area (Å²) in [7, 11) is 0. The lowest BCUT2D eigenvalue weighted by Gasteiger charge is -2.34. The number of nitriles is 1. The number of benzene rings is 1. The summed E-state index contributed by atoms with van der Waals surface area (Å²) in [5, 5.41) is 11.8. The number of halogens is 1. The van der Waals surface area contributed by atoms with E-state index >= 15 is 0 Å². The summed E-state index contributed by atoms with van der Waals surface area (Å²) in [6, 6.07) is 6.80. The van der Waals surface area contributed by atoms with Crippen molar-refractivity contribution in [2.24, 2.45) is 5.92 Å². The number of piperidine rings is 1. The summed E-state index contributed by atoms with van der Waals surface area (Å²) in [4.78, 5) is 14.0. The predicted molar refractivity (Wildman–Crippen MR) is 77.2 cm³/mol. The smallest absolute Gasteiger partial charge is 0.225 e. The number of hydrogen-bond donors (Lipinski definition) is 1. The van der Waals surface area contributed by atoms with Gasteiger partial charge < -0.3 is 10.2 Å². The van der Waals surface area contributed by atoms with Crippen molar-refractivity contribution in [3.05, 3.63) is 29.6 Å². The normalized spacial score (nSPS) is 21.7. The summed E-state index contributed by atoms with van der Waals surface area (Å²) in [6.07, 6.45) is 3.88. The first-order chi connectivity index (χ1) is 10.2. The van der Waals surface area contributed by atoms with Crippen molar-refractivity contribution < 1.29 is 9.18 Å². The van der Waals surface area contributed by atoms with Gasteiger partial charge in [0.2, 0.25) is 5.91 Å². The Balaban J connectivity index is 1.70. The molecule has 2 fully saturated rings. The maximum atomic E-state index is 14.1. The highest BCUT2D eigenvalue weighted by molar-refractivity contribution is 5.80. The Kier molecular flexibility index (Phi) is 3.78. The molecule has 1 N–H and O–H groups in total. The summed E-state index contributed by atoms with van der Waals surface area (Å²) in [6.45, 7) is 1.29. The molecule has 2 aliphatic rings. The Morgan fingerprint density at radius 3 is 2.86 bits per heavy atom. The van der Waals surface area contributed by atoms with Gasteiger partial charge in [0.25, 0.3) is 0 Å². The van der Waals surface area contributed by atoms with Crippen LogP contribution < -0.4 is 10.2 Å². The molecule has 1 unspecified atom stereocenters. The molecule has 5 heteroatoms. The van der Waals surface area contributed by atoms with E-state index in [-0.39, 0.29) is 11.8 Å². The number of rotatable bonds is 3. The van der Waals surface area contributed by atoms with Crippen LogP contribution in [0.3, 0.4) is 0 Å². The number of hydrogen-bond acceptors (Lipinski definition) is 3. The molecule has 0 bridgehead atoms. The van der Waals surface area contributed by atoms with Gasteiger partial charge in [-0.2, -0.15) is 5.26 Å². The Hall–Kier alpha value is -2.09. The van der Waals surface area contributed by atoms with E-state index in [9.17, 15) is 9.18 Å². The van der Waals surface area contributed by atoms with E-state index in [0.29, 0.717) is 23.8 Å². The van der Waals surface area contributed by atoms with Crippen molar-refractivity contribution in [1.82, 2.24) is 5.32 Å². The molecule has 4 nitrogen and oxygen atoms in total. The molecule has 1 aliphatic heterocycles. The van der Waals surface area contributed by atoms with Crippen LogP contribution in [-0.4, -0.2) is 25.0 Å². The molecule has 1 aromatic carbocycles. The maximum Gasteiger partial charge on any atom is 0.225 e. The minimum absolute atomic E-state index is 0.0746. The molecule has 0 radical (unpaired) electrons. The van der Waals surface area contributed by atoms with Crippen molar-refractivity contribution in [3.8, 4) is 6.07 Å². The van der Waals surface area contributed by atoms with E-state index in [1.807, 2.05) is 11.0 Å². The fourth-order valence-corrected chi connectivity index (χ4v) is 2.79. The Morgan fingerprint density at radius 2 is 2.19 bits per heavy atom. The molecule has 1 amide bonds. The molecule has 1 saturated carbocycles. The van der Waals surface area contributed by atoms with Gasteiger partial charge in [-0.1, -0.05) is 0 Å². The molecular formula is C16H18FN3O. The van der Waals surface area contributed by atoms with E-state index in [4.69, 9.17) is 5.26 Å². The summed E-state index contributed by atoms with van der Waals surface area (Å²) < 4.78 is 14.1. The van der Waals surface area contributed by atoms with Crippen molar-refractivity contribution in [2.45, 2.75) is 31.7 Å². The number of nitrogens with one attached hydrogen (secondary N) is 1. The zero-order chi connectivity index (χ0) is 14.8. The number of nitrogens with zero attached hydrogens (tertiary/aromatic N) is 2. The summed E-state index contributed by atoms with van der Waals surface area (Å²) >= 11 is 0. The number of carbonyl (C=O) groups is 1.